The van der Waals surface area contributed by atoms with Crippen molar-refractivity contribution < 1.29 is 14.2 Å². The lowest BCUT2D eigenvalue weighted by molar-refractivity contribution is 0.0805. The third kappa shape index (κ3) is 5.38. The van der Waals surface area contributed by atoms with E-state index in [4.69, 9.17) is 14.2 Å². The number of anilines is 2. The van der Waals surface area contributed by atoms with Crippen molar-refractivity contribution in [3.05, 3.63) is 48.4 Å². The average molecular weight is 546 g/mol. The van der Waals surface area contributed by atoms with E-state index in [0.29, 0.717) is 11.7 Å². The zero-order valence-electron chi connectivity index (χ0n) is 22.3. The number of aromatic nitrogens is 5. The van der Waals surface area contributed by atoms with Crippen LogP contribution in [0.5, 0.6) is 11.6 Å². The van der Waals surface area contributed by atoms with E-state index in [1.165, 1.54) is 0 Å². The predicted molar refractivity (Wildman–Crippen MR) is 153 cm³/mol. The molecule has 0 atom stereocenters. The average Bonchev–Trinajstić information content (AvgIpc) is 3.58. The monoisotopic (exact) mass is 545 g/mol. The second kappa shape index (κ2) is 11.1. The summed E-state index contributed by atoms with van der Waals surface area (Å²) in [5.41, 5.74) is 6.36. The summed E-state index contributed by atoms with van der Waals surface area (Å²) in [6.07, 6.45) is 5.48. The molecular weight excluding hydrogens is 514 g/mol. The highest BCUT2D eigenvalue weighted by atomic mass is 32.1. The molecule has 0 amide bonds. The number of nitrogens with zero attached hydrogens (tertiary/aromatic N) is 6. The first-order valence-corrected chi connectivity index (χ1v) is 13.8. The molecule has 4 heterocycles. The number of rotatable bonds is 9. The Morgan fingerprint density at radius 1 is 1.05 bits per heavy atom. The van der Waals surface area contributed by atoms with Crippen molar-refractivity contribution in [2.24, 2.45) is 7.05 Å². The van der Waals surface area contributed by atoms with Gasteiger partial charge < -0.3 is 24.4 Å². The lowest BCUT2D eigenvalue weighted by Crippen LogP contribution is -2.39. The van der Waals surface area contributed by atoms with Gasteiger partial charge in [-0.1, -0.05) is 0 Å². The quantitative estimate of drug-likeness (QED) is 0.278. The molecule has 0 bridgehead atoms. The van der Waals surface area contributed by atoms with E-state index in [2.05, 4.69) is 42.4 Å². The molecule has 1 aliphatic heterocycles. The van der Waals surface area contributed by atoms with Crippen LogP contribution in [0.2, 0.25) is 0 Å². The number of hydrogen-bond donors (Lipinski definition) is 1. The molecule has 0 radical (unpaired) electrons. The van der Waals surface area contributed by atoms with Gasteiger partial charge in [-0.25, -0.2) is 15.0 Å². The van der Waals surface area contributed by atoms with E-state index in [1.807, 2.05) is 37.0 Å². The highest BCUT2D eigenvalue weighted by molar-refractivity contribution is 7.16. The SMILES string of the molecule is COCCN1CCC(Oc2cc(-c3cn(C)nc3OC)cc3ncnc(Nc4ccc5ncsc5c4)c23)CC1. The molecule has 0 unspecified atom stereocenters. The maximum Gasteiger partial charge on any atom is 0.240 e. The van der Waals surface area contributed by atoms with Gasteiger partial charge in [0.2, 0.25) is 5.88 Å². The summed E-state index contributed by atoms with van der Waals surface area (Å²) < 4.78 is 20.4. The van der Waals surface area contributed by atoms with E-state index < -0.39 is 0 Å². The smallest absolute Gasteiger partial charge is 0.240 e. The summed E-state index contributed by atoms with van der Waals surface area (Å²) in [5.74, 6) is 1.99. The maximum absolute atomic E-state index is 6.75. The summed E-state index contributed by atoms with van der Waals surface area (Å²) in [6.45, 7) is 3.62. The Hall–Kier alpha value is -3.80. The normalized spacial score (nSPS) is 14.7. The fourth-order valence-corrected chi connectivity index (χ4v) is 5.75. The minimum atomic E-state index is 0.0830. The molecule has 1 N–H and O–H groups in total. The van der Waals surface area contributed by atoms with Gasteiger partial charge in [0, 0.05) is 45.7 Å². The number of methoxy groups -OCH3 is 2. The summed E-state index contributed by atoms with van der Waals surface area (Å²) in [6, 6.07) is 10.2. The van der Waals surface area contributed by atoms with Gasteiger partial charge in [0.1, 0.15) is 24.0 Å². The van der Waals surface area contributed by atoms with Crippen LogP contribution in [0.25, 0.3) is 32.2 Å². The third-order valence-electron chi connectivity index (χ3n) is 7.03. The fraction of sp³-hybridized carbons (Fsp3) is 0.357. The van der Waals surface area contributed by atoms with E-state index in [1.54, 1.807) is 36.6 Å². The topological polar surface area (TPSA) is 99.5 Å². The fourth-order valence-electron chi connectivity index (χ4n) is 5.03. The molecule has 0 spiro atoms. The van der Waals surface area contributed by atoms with Crippen molar-refractivity contribution in [2.45, 2.75) is 18.9 Å². The molecule has 2 aromatic carbocycles. The van der Waals surface area contributed by atoms with Crippen LogP contribution in [-0.4, -0.2) is 76.2 Å². The zero-order valence-corrected chi connectivity index (χ0v) is 23.1. The molecule has 3 aromatic heterocycles. The molecule has 0 saturated carbocycles. The highest BCUT2D eigenvalue weighted by Crippen LogP contribution is 2.39. The standard InChI is InChI=1S/C28H31N7O3S/c1-34-15-21(28(33-34)37-3)18-12-23-26(24(13-18)38-20-6-8-35(9-7-20)10-11-36-2)27(30-16-29-23)32-19-4-5-22-25(14-19)39-17-31-22/h4-5,12-17,20H,6-11H2,1-3H3,(H,29,30,32). The maximum atomic E-state index is 6.75. The molecule has 11 heteroatoms. The van der Waals surface area contributed by atoms with Crippen molar-refractivity contribution in [3.8, 4) is 22.8 Å². The Balaban J connectivity index is 1.38. The van der Waals surface area contributed by atoms with Gasteiger partial charge in [-0.2, -0.15) is 0 Å². The van der Waals surface area contributed by atoms with Crippen LogP contribution < -0.4 is 14.8 Å². The van der Waals surface area contributed by atoms with Crippen molar-refractivity contribution in [1.82, 2.24) is 29.6 Å². The molecule has 6 rings (SSSR count). The van der Waals surface area contributed by atoms with Gasteiger partial charge in [-0.3, -0.25) is 4.68 Å². The number of aryl methyl sites for hydroxylation is 1. The second-order valence-corrected chi connectivity index (χ2v) is 10.5. The Bertz CT molecular complexity index is 1590. The molecule has 1 aliphatic rings. The molecule has 0 aliphatic carbocycles. The molecule has 39 heavy (non-hydrogen) atoms. The van der Waals surface area contributed by atoms with Crippen LogP contribution in [0.4, 0.5) is 11.5 Å². The first kappa shape index (κ1) is 25.5. The van der Waals surface area contributed by atoms with Crippen LogP contribution in [0.3, 0.4) is 0 Å². The third-order valence-corrected chi connectivity index (χ3v) is 7.83. The Labute approximate surface area is 230 Å². The number of benzene rings is 2. The Kier molecular flexibility index (Phi) is 7.27. The van der Waals surface area contributed by atoms with Gasteiger partial charge >= 0.3 is 0 Å². The van der Waals surface area contributed by atoms with E-state index in [0.717, 1.165) is 82.8 Å². The Morgan fingerprint density at radius 3 is 2.74 bits per heavy atom. The van der Waals surface area contributed by atoms with Crippen molar-refractivity contribution in [1.29, 1.82) is 0 Å². The van der Waals surface area contributed by atoms with E-state index in [9.17, 15) is 0 Å². The number of fused-ring (bicyclic) bond motifs is 2. The predicted octanol–water partition coefficient (Wildman–Crippen LogP) is 4.88. The number of thiazole rings is 1. The van der Waals surface area contributed by atoms with Crippen LogP contribution in [0, 0.1) is 0 Å². The number of likely N-dealkylation sites (tertiary alicyclic amines) is 1. The van der Waals surface area contributed by atoms with Gasteiger partial charge in [0.15, 0.2) is 0 Å². The summed E-state index contributed by atoms with van der Waals surface area (Å²) in [5, 5.41) is 8.80. The molecule has 1 fully saturated rings. The van der Waals surface area contributed by atoms with Gasteiger partial charge in [0.25, 0.3) is 0 Å². The van der Waals surface area contributed by atoms with Gasteiger partial charge in [0.05, 0.1) is 45.9 Å². The summed E-state index contributed by atoms with van der Waals surface area (Å²) >= 11 is 1.61. The largest absolute Gasteiger partial charge is 0.489 e. The molecule has 5 aromatic rings. The number of piperidine rings is 1. The van der Waals surface area contributed by atoms with Crippen molar-refractivity contribution >= 4 is 44.0 Å². The zero-order chi connectivity index (χ0) is 26.8. The molecule has 10 nitrogen and oxygen atoms in total. The number of ether oxygens (including phenoxy) is 3. The van der Waals surface area contributed by atoms with Crippen LogP contribution >= 0.6 is 11.3 Å². The van der Waals surface area contributed by atoms with Crippen molar-refractivity contribution in [2.75, 3.05) is 45.8 Å². The minimum Gasteiger partial charge on any atom is -0.489 e. The highest BCUT2D eigenvalue weighted by Gasteiger charge is 2.23. The van der Waals surface area contributed by atoms with E-state index >= 15 is 0 Å². The lowest BCUT2D eigenvalue weighted by Gasteiger charge is -2.32. The Morgan fingerprint density at radius 2 is 1.92 bits per heavy atom. The second-order valence-electron chi connectivity index (χ2n) is 9.63. The molecule has 202 valence electrons. The first-order valence-electron chi connectivity index (χ1n) is 13.0. The van der Waals surface area contributed by atoms with Crippen LogP contribution in [0.1, 0.15) is 12.8 Å². The first-order chi connectivity index (χ1) is 19.1. The van der Waals surface area contributed by atoms with Crippen molar-refractivity contribution in [3.63, 3.8) is 0 Å². The van der Waals surface area contributed by atoms with Gasteiger partial charge in [-0.05, 0) is 48.7 Å². The molecular formula is C28H31N7O3S. The van der Waals surface area contributed by atoms with E-state index in [-0.39, 0.29) is 6.10 Å². The minimum absolute atomic E-state index is 0.0830. The summed E-state index contributed by atoms with van der Waals surface area (Å²) in [7, 11) is 5.26. The number of hydrogen-bond acceptors (Lipinski definition) is 10. The van der Waals surface area contributed by atoms with Crippen LogP contribution in [0.15, 0.2) is 48.4 Å². The lowest BCUT2D eigenvalue weighted by atomic mass is 10.0. The summed E-state index contributed by atoms with van der Waals surface area (Å²) in [4.78, 5) is 16.1. The number of nitrogens with one attached hydrogen (secondary N) is 1. The molecule has 1 saturated heterocycles. The van der Waals surface area contributed by atoms with Crippen LogP contribution in [-0.2, 0) is 11.8 Å². The van der Waals surface area contributed by atoms with Gasteiger partial charge in [-0.15, -0.1) is 16.4 Å².